The largest absolute Gasteiger partial charge is 0.465 e. The van der Waals surface area contributed by atoms with Crippen LogP contribution in [0.2, 0.25) is 0 Å². The number of hydrogen-bond donors (Lipinski definition) is 1. The molecule has 0 aliphatic heterocycles. The van der Waals surface area contributed by atoms with Crippen molar-refractivity contribution in [1.82, 2.24) is 0 Å². The summed E-state index contributed by atoms with van der Waals surface area (Å²) in [6.07, 6.45) is 0. The molecule has 0 heterocycles. The molecular formula is C13H12F4O7S. The molecule has 0 bridgehead atoms. The predicted molar refractivity (Wildman–Crippen MR) is 73.2 cm³/mol. The van der Waals surface area contributed by atoms with Crippen molar-refractivity contribution in [3.05, 3.63) is 35.4 Å². The Morgan fingerprint density at radius 2 is 1.32 bits per heavy atom. The van der Waals surface area contributed by atoms with Gasteiger partial charge in [0.25, 0.3) is 0 Å². The van der Waals surface area contributed by atoms with Crippen LogP contribution in [0.3, 0.4) is 0 Å². The molecule has 1 N–H and O–H groups in total. The van der Waals surface area contributed by atoms with Crippen molar-refractivity contribution in [2.24, 2.45) is 0 Å². The second kappa shape index (κ2) is 7.35. The highest BCUT2D eigenvalue weighted by atomic mass is 32.2. The molecule has 25 heavy (non-hydrogen) atoms. The summed E-state index contributed by atoms with van der Waals surface area (Å²) in [6.45, 7) is -0.838. The van der Waals surface area contributed by atoms with E-state index in [1.165, 1.54) is 24.3 Å². The van der Waals surface area contributed by atoms with Gasteiger partial charge in [0.1, 0.15) is 13.2 Å². The Bertz CT molecular complexity index is 739. The number of halogens is 4. The molecule has 0 aliphatic rings. The summed E-state index contributed by atoms with van der Waals surface area (Å²) in [6, 6.07) is 5.05. The highest BCUT2D eigenvalue weighted by Gasteiger charge is 2.54. The van der Waals surface area contributed by atoms with Gasteiger partial charge in [0.05, 0.1) is 0 Å². The van der Waals surface area contributed by atoms with E-state index in [1.807, 2.05) is 0 Å². The number of carbonyl (C=O) groups is 2. The number of alkyl halides is 4. The molecule has 0 unspecified atom stereocenters. The average molecular weight is 388 g/mol. The molecule has 0 radical (unpaired) electrons. The molecule has 140 valence electrons. The van der Waals surface area contributed by atoms with Crippen LogP contribution in [0, 0.1) is 0 Å². The van der Waals surface area contributed by atoms with Crippen molar-refractivity contribution in [3.8, 4) is 0 Å². The zero-order chi connectivity index (χ0) is 19.5. The topological polar surface area (TPSA) is 107 Å². The van der Waals surface area contributed by atoms with E-state index in [1.54, 1.807) is 0 Å². The zero-order valence-electron chi connectivity index (χ0n) is 12.5. The standard InChI is InChI=1S/C13H12F4O7S/c1-12(14,15)10(18)23-6-8-2-4-9(5-3-8)7-24-11(19)13(16,17)25(20,21)22/h2-5H,6-7H2,1H3,(H,20,21,22). The van der Waals surface area contributed by atoms with Gasteiger partial charge in [-0.05, 0) is 11.1 Å². The number of benzene rings is 1. The van der Waals surface area contributed by atoms with Crippen LogP contribution in [-0.2, 0) is 42.4 Å². The Kier molecular flexibility index (Phi) is 6.13. The number of esters is 2. The van der Waals surface area contributed by atoms with Crippen LogP contribution >= 0.6 is 0 Å². The van der Waals surface area contributed by atoms with E-state index in [4.69, 9.17) is 4.55 Å². The van der Waals surface area contributed by atoms with Gasteiger partial charge in [-0.15, -0.1) is 0 Å². The quantitative estimate of drug-likeness (QED) is 0.432. The molecule has 0 aromatic heterocycles. The summed E-state index contributed by atoms with van der Waals surface area (Å²) in [5, 5.41) is -5.10. The van der Waals surface area contributed by atoms with E-state index in [2.05, 4.69) is 9.47 Å². The molecule has 0 atom stereocenters. The lowest BCUT2D eigenvalue weighted by Crippen LogP contribution is -2.38. The summed E-state index contributed by atoms with van der Waals surface area (Å²) in [7, 11) is -5.96. The smallest absolute Gasteiger partial charge is 0.456 e. The number of hydrogen-bond acceptors (Lipinski definition) is 6. The molecule has 1 aromatic rings. The first-order chi connectivity index (χ1) is 11.2. The summed E-state index contributed by atoms with van der Waals surface area (Å²) < 4.78 is 88.5. The van der Waals surface area contributed by atoms with Crippen molar-refractivity contribution in [2.75, 3.05) is 0 Å². The summed E-state index contributed by atoms with van der Waals surface area (Å²) in [5.74, 6) is -7.83. The van der Waals surface area contributed by atoms with Gasteiger partial charge in [-0.25, -0.2) is 9.59 Å². The second-order valence-corrected chi connectivity index (χ2v) is 6.31. The van der Waals surface area contributed by atoms with E-state index in [0.29, 0.717) is 6.92 Å². The summed E-state index contributed by atoms with van der Waals surface area (Å²) in [4.78, 5) is 21.9. The molecular weight excluding hydrogens is 376 g/mol. The van der Waals surface area contributed by atoms with Gasteiger partial charge in [0.2, 0.25) is 0 Å². The van der Waals surface area contributed by atoms with Crippen molar-refractivity contribution in [3.63, 3.8) is 0 Å². The molecule has 0 saturated heterocycles. The third-order valence-corrected chi connectivity index (χ3v) is 3.50. The second-order valence-electron chi connectivity index (χ2n) is 4.85. The lowest BCUT2D eigenvalue weighted by Gasteiger charge is -2.12. The lowest BCUT2D eigenvalue weighted by atomic mass is 10.1. The fourth-order valence-corrected chi connectivity index (χ4v) is 1.62. The Hall–Kier alpha value is -2.21. The van der Waals surface area contributed by atoms with E-state index < -0.39 is 46.4 Å². The Labute approximate surface area is 139 Å². The third-order valence-electron chi connectivity index (χ3n) is 2.68. The number of rotatable bonds is 7. The van der Waals surface area contributed by atoms with E-state index in [9.17, 15) is 35.6 Å². The van der Waals surface area contributed by atoms with Gasteiger partial charge in [-0.2, -0.15) is 26.0 Å². The van der Waals surface area contributed by atoms with Gasteiger partial charge in [-0.3, -0.25) is 4.55 Å². The van der Waals surface area contributed by atoms with E-state index in [-0.39, 0.29) is 11.1 Å². The number of ether oxygens (including phenoxy) is 2. The Balaban J connectivity index is 2.61. The average Bonchev–Trinajstić information content (AvgIpc) is 2.49. The normalized spacial score (nSPS) is 12.6. The van der Waals surface area contributed by atoms with Gasteiger partial charge in [-0.1, -0.05) is 24.3 Å². The van der Waals surface area contributed by atoms with Crippen LogP contribution in [0.25, 0.3) is 0 Å². The molecule has 1 aromatic carbocycles. The van der Waals surface area contributed by atoms with Crippen molar-refractivity contribution in [1.29, 1.82) is 0 Å². The first-order valence-electron chi connectivity index (χ1n) is 6.40. The SMILES string of the molecule is CC(F)(F)C(=O)OCc1ccc(COC(=O)C(F)(F)S(=O)(=O)O)cc1. The minimum absolute atomic E-state index is 0.149. The molecule has 0 spiro atoms. The maximum absolute atomic E-state index is 12.9. The van der Waals surface area contributed by atoms with E-state index in [0.717, 1.165) is 0 Å². The fourth-order valence-electron chi connectivity index (χ4n) is 1.35. The molecule has 0 fully saturated rings. The van der Waals surface area contributed by atoms with Crippen LogP contribution in [0.15, 0.2) is 24.3 Å². The molecule has 0 amide bonds. The van der Waals surface area contributed by atoms with Crippen molar-refractivity contribution in [2.45, 2.75) is 31.3 Å². The maximum atomic E-state index is 12.9. The highest BCUT2D eigenvalue weighted by Crippen LogP contribution is 2.23. The van der Waals surface area contributed by atoms with Crippen LogP contribution in [0.4, 0.5) is 17.6 Å². The minimum Gasteiger partial charge on any atom is -0.456 e. The molecule has 0 saturated carbocycles. The van der Waals surface area contributed by atoms with Gasteiger partial charge < -0.3 is 9.47 Å². The van der Waals surface area contributed by atoms with Crippen LogP contribution in [0.5, 0.6) is 0 Å². The zero-order valence-corrected chi connectivity index (χ0v) is 13.4. The monoisotopic (exact) mass is 388 g/mol. The third kappa shape index (κ3) is 5.67. The molecule has 12 heteroatoms. The van der Waals surface area contributed by atoms with Crippen molar-refractivity contribution >= 4 is 22.1 Å². The van der Waals surface area contributed by atoms with Crippen molar-refractivity contribution < 1.29 is 49.6 Å². The Morgan fingerprint density at radius 1 is 0.960 bits per heavy atom. The minimum atomic E-state index is -5.96. The first-order valence-corrected chi connectivity index (χ1v) is 7.84. The lowest BCUT2D eigenvalue weighted by molar-refractivity contribution is -0.170. The van der Waals surface area contributed by atoms with Crippen LogP contribution in [-0.4, -0.2) is 36.1 Å². The molecule has 1 rings (SSSR count). The van der Waals surface area contributed by atoms with Crippen LogP contribution in [0.1, 0.15) is 18.1 Å². The molecule has 7 nitrogen and oxygen atoms in total. The highest BCUT2D eigenvalue weighted by molar-refractivity contribution is 7.87. The predicted octanol–water partition coefficient (Wildman–Crippen LogP) is 1.91. The summed E-state index contributed by atoms with van der Waals surface area (Å²) >= 11 is 0. The Morgan fingerprint density at radius 3 is 1.64 bits per heavy atom. The summed E-state index contributed by atoms with van der Waals surface area (Å²) in [5.41, 5.74) is 0.436. The van der Waals surface area contributed by atoms with Gasteiger partial charge in [0.15, 0.2) is 0 Å². The fraction of sp³-hybridized carbons (Fsp3) is 0.385. The molecule has 0 aliphatic carbocycles. The number of carbonyl (C=O) groups excluding carboxylic acids is 2. The van der Waals surface area contributed by atoms with E-state index >= 15 is 0 Å². The maximum Gasteiger partial charge on any atom is 0.465 e. The first kappa shape index (κ1) is 20.8. The van der Waals surface area contributed by atoms with Gasteiger partial charge in [0, 0.05) is 6.92 Å². The van der Waals surface area contributed by atoms with Crippen LogP contribution < -0.4 is 0 Å². The van der Waals surface area contributed by atoms with Gasteiger partial charge >= 0.3 is 33.2 Å².